The van der Waals surface area contributed by atoms with Crippen molar-refractivity contribution in [2.24, 2.45) is 0 Å². The van der Waals surface area contributed by atoms with Gasteiger partial charge in [-0.3, -0.25) is 4.79 Å². The normalized spacial score (nSPS) is 15.5. The molecule has 1 aliphatic heterocycles. The van der Waals surface area contributed by atoms with Crippen LogP contribution >= 0.6 is 23.1 Å². The van der Waals surface area contributed by atoms with E-state index in [1.54, 1.807) is 23.1 Å². The van der Waals surface area contributed by atoms with Crippen LogP contribution in [0, 0.1) is 0 Å². The van der Waals surface area contributed by atoms with Crippen molar-refractivity contribution in [3.63, 3.8) is 0 Å². The Labute approximate surface area is 172 Å². The van der Waals surface area contributed by atoms with Gasteiger partial charge in [0.15, 0.2) is 17.6 Å². The molecule has 1 aliphatic rings. The fourth-order valence-electron chi connectivity index (χ4n) is 3.10. The van der Waals surface area contributed by atoms with E-state index >= 15 is 0 Å². The number of likely N-dealkylation sites (N-methyl/N-ethyl adjacent to an activating group) is 1. The number of thiazole rings is 1. The van der Waals surface area contributed by atoms with E-state index in [1.165, 1.54) is 4.70 Å². The van der Waals surface area contributed by atoms with E-state index in [0.29, 0.717) is 25.4 Å². The number of carbonyl (C=O) groups excluding carboxylic acids is 1. The van der Waals surface area contributed by atoms with Gasteiger partial charge < -0.3 is 14.4 Å². The summed E-state index contributed by atoms with van der Waals surface area (Å²) in [5.41, 5.74) is 1.03. The van der Waals surface area contributed by atoms with Crippen LogP contribution in [0.2, 0.25) is 0 Å². The molecule has 1 amide bonds. The number of aromatic nitrogens is 1. The average molecular weight is 415 g/mol. The summed E-state index contributed by atoms with van der Waals surface area (Å²) in [6.07, 6.45) is -0.145. The Balaban J connectivity index is 1.28. The highest BCUT2D eigenvalue weighted by Gasteiger charge is 2.24. The van der Waals surface area contributed by atoms with E-state index < -0.39 is 0 Å². The second kappa shape index (κ2) is 8.84. The van der Waals surface area contributed by atoms with Crippen LogP contribution in [-0.2, 0) is 10.5 Å². The molecule has 1 atom stereocenters. The molecule has 0 aliphatic carbocycles. The van der Waals surface area contributed by atoms with Gasteiger partial charge in [-0.15, -0.1) is 23.1 Å². The highest BCUT2D eigenvalue weighted by Crippen LogP contribution is 2.31. The van der Waals surface area contributed by atoms with Crippen molar-refractivity contribution in [2.75, 3.05) is 25.4 Å². The molecule has 3 aromatic rings. The molecule has 146 valence electrons. The summed E-state index contributed by atoms with van der Waals surface area (Å²) in [6, 6.07) is 15.8. The number of amides is 1. The van der Waals surface area contributed by atoms with Crippen molar-refractivity contribution < 1.29 is 14.3 Å². The minimum absolute atomic E-state index is 0.121. The van der Waals surface area contributed by atoms with E-state index in [2.05, 4.69) is 11.1 Å². The number of hydrogen-bond acceptors (Lipinski definition) is 6. The second-order valence-corrected chi connectivity index (χ2v) is 8.60. The van der Waals surface area contributed by atoms with Crippen LogP contribution in [0.5, 0.6) is 11.5 Å². The fourth-order valence-corrected chi connectivity index (χ4v) is 5.05. The molecule has 2 aromatic carbocycles. The maximum absolute atomic E-state index is 12.6. The number of thioether (sulfide) groups is 1. The highest BCUT2D eigenvalue weighted by molar-refractivity contribution is 7.99. The molecule has 0 fully saturated rings. The predicted molar refractivity (Wildman–Crippen MR) is 114 cm³/mol. The zero-order chi connectivity index (χ0) is 19.3. The smallest absolute Gasteiger partial charge is 0.232 e. The molecule has 0 saturated heterocycles. The standard InChI is InChI=1S/C21H22N2O3S2/c1-2-23(11-15-12-25-17-8-4-5-9-18(17)26-15)21(24)14-27-13-20-22-16-7-3-6-10-19(16)28-20/h3-10,15H,2,11-14H2,1H3. The molecule has 0 radical (unpaired) electrons. The molecule has 1 aromatic heterocycles. The molecular weight excluding hydrogens is 392 g/mol. The molecule has 4 rings (SSSR count). The van der Waals surface area contributed by atoms with E-state index in [4.69, 9.17) is 9.47 Å². The topological polar surface area (TPSA) is 51.7 Å². The lowest BCUT2D eigenvalue weighted by molar-refractivity contribution is -0.129. The maximum Gasteiger partial charge on any atom is 0.232 e. The van der Waals surface area contributed by atoms with Gasteiger partial charge in [-0.1, -0.05) is 24.3 Å². The first-order chi connectivity index (χ1) is 13.7. The molecule has 0 saturated carbocycles. The first-order valence-electron chi connectivity index (χ1n) is 9.31. The molecule has 28 heavy (non-hydrogen) atoms. The first kappa shape index (κ1) is 19.1. The van der Waals surface area contributed by atoms with Gasteiger partial charge in [-0.05, 0) is 31.2 Å². The van der Waals surface area contributed by atoms with Gasteiger partial charge in [-0.25, -0.2) is 4.98 Å². The van der Waals surface area contributed by atoms with Crippen LogP contribution in [0.3, 0.4) is 0 Å². The number of rotatable bonds is 7. The minimum atomic E-state index is -0.145. The Kier molecular flexibility index (Phi) is 6.02. The average Bonchev–Trinajstić information content (AvgIpc) is 3.14. The van der Waals surface area contributed by atoms with Gasteiger partial charge in [0.2, 0.25) is 5.91 Å². The lowest BCUT2D eigenvalue weighted by Gasteiger charge is -2.30. The highest BCUT2D eigenvalue weighted by atomic mass is 32.2. The third-order valence-electron chi connectivity index (χ3n) is 4.52. The first-order valence-corrected chi connectivity index (χ1v) is 11.3. The van der Waals surface area contributed by atoms with E-state index in [-0.39, 0.29) is 12.0 Å². The molecule has 1 unspecified atom stereocenters. The summed E-state index contributed by atoms with van der Waals surface area (Å²) in [4.78, 5) is 19.1. The lowest BCUT2D eigenvalue weighted by Crippen LogP contribution is -2.44. The van der Waals surface area contributed by atoms with Crippen LogP contribution < -0.4 is 9.47 Å². The number of nitrogens with zero attached hydrogens (tertiary/aromatic N) is 2. The Morgan fingerprint density at radius 3 is 2.82 bits per heavy atom. The second-order valence-electron chi connectivity index (χ2n) is 6.50. The molecule has 0 N–H and O–H groups in total. The van der Waals surface area contributed by atoms with Gasteiger partial charge in [0.1, 0.15) is 11.6 Å². The molecular formula is C21H22N2O3S2. The molecule has 7 heteroatoms. The van der Waals surface area contributed by atoms with Gasteiger partial charge >= 0.3 is 0 Å². The number of benzene rings is 2. The number of hydrogen-bond donors (Lipinski definition) is 0. The number of carbonyl (C=O) groups is 1. The fraction of sp³-hybridized carbons (Fsp3) is 0.333. The lowest BCUT2D eigenvalue weighted by atomic mass is 10.2. The SMILES string of the molecule is CCN(CC1COc2ccccc2O1)C(=O)CSCc1nc2ccccc2s1. The minimum Gasteiger partial charge on any atom is -0.486 e. The number of fused-ring (bicyclic) bond motifs is 2. The summed E-state index contributed by atoms with van der Waals surface area (Å²) >= 11 is 3.30. The van der Waals surface area contributed by atoms with Gasteiger partial charge in [-0.2, -0.15) is 0 Å². The third kappa shape index (κ3) is 4.42. The summed E-state index contributed by atoms with van der Waals surface area (Å²) in [5.74, 6) is 2.82. The quantitative estimate of drug-likeness (QED) is 0.579. The Morgan fingerprint density at radius 2 is 2.00 bits per heavy atom. The van der Waals surface area contributed by atoms with Crippen LogP contribution in [0.25, 0.3) is 10.2 Å². The van der Waals surface area contributed by atoms with Crippen molar-refractivity contribution in [1.29, 1.82) is 0 Å². The molecule has 2 heterocycles. The van der Waals surface area contributed by atoms with Gasteiger partial charge in [0.05, 0.1) is 22.5 Å². The molecule has 5 nitrogen and oxygen atoms in total. The number of ether oxygens (including phenoxy) is 2. The maximum atomic E-state index is 12.6. The van der Waals surface area contributed by atoms with Crippen LogP contribution in [0.15, 0.2) is 48.5 Å². The van der Waals surface area contributed by atoms with Gasteiger partial charge in [0, 0.05) is 12.3 Å². The van der Waals surface area contributed by atoms with Crippen LogP contribution in [0.4, 0.5) is 0 Å². The third-order valence-corrected chi connectivity index (χ3v) is 6.66. The van der Waals surface area contributed by atoms with Crippen molar-refractivity contribution in [3.8, 4) is 11.5 Å². The Bertz CT molecular complexity index is 926. The van der Waals surface area contributed by atoms with E-state index in [1.807, 2.05) is 54.3 Å². The van der Waals surface area contributed by atoms with Crippen LogP contribution in [0.1, 0.15) is 11.9 Å². The zero-order valence-corrected chi connectivity index (χ0v) is 17.3. The molecule has 0 spiro atoms. The summed E-state index contributed by atoms with van der Waals surface area (Å²) in [5, 5.41) is 1.06. The summed E-state index contributed by atoms with van der Waals surface area (Å²) in [7, 11) is 0. The van der Waals surface area contributed by atoms with Gasteiger partial charge in [0.25, 0.3) is 0 Å². The largest absolute Gasteiger partial charge is 0.486 e. The van der Waals surface area contributed by atoms with E-state index in [9.17, 15) is 4.79 Å². The Hall–Kier alpha value is -2.25. The van der Waals surface area contributed by atoms with Crippen molar-refractivity contribution >= 4 is 39.2 Å². The zero-order valence-electron chi connectivity index (χ0n) is 15.7. The van der Waals surface area contributed by atoms with Crippen molar-refractivity contribution in [3.05, 3.63) is 53.5 Å². The van der Waals surface area contributed by atoms with Crippen molar-refractivity contribution in [2.45, 2.75) is 18.8 Å². The van der Waals surface area contributed by atoms with Crippen LogP contribution in [-0.4, -0.2) is 47.3 Å². The monoisotopic (exact) mass is 414 g/mol. The summed E-state index contributed by atoms with van der Waals surface area (Å²) in [6.45, 7) is 3.64. The Morgan fingerprint density at radius 1 is 1.21 bits per heavy atom. The molecule has 0 bridgehead atoms. The van der Waals surface area contributed by atoms with E-state index in [0.717, 1.165) is 27.8 Å². The summed E-state index contributed by atoms with van der Waals surface area (Å²) < 4.78 is 12.9. The number of para-hydroxylation sites is 3. The predicted octanol–water partition coefficient (Wildman–Crippen LogP) is 4.22. The van der Waals surface area contributed by atoms with Crippen molar-refractivity contribution in [1.82, 2.24) is 9.88 Å².